The van der Waals surface area contributed by atoms with Crippen LogP contribution in [0.1, 0.15) is 19.5 Å². The standard InChI is InChI=1S/C12H15IN4O/c1-7(2)6-8-9(13)12(18)16-10(15-8)11-14-4-5-17(11)3/h4-5,7H,6H2,1-3H3,(H,15,16,18). The van der Waals surface area contributed by atoms with Crippen molar-refractivity contribution in [2.45, 2.75) is 20.3 Å². The molecule has 0 aromatic carbocycles. The summed E-state index contributed by atoms with van der Waals surface area (Å²) >= 11 is 2.05. The third-order valence-electron chi connectivity index (χ3n) is 2.57. The first-order chi connectivity index (χ1) is 8.49. The first-order valence-corrected chi connectivity index (χ1v) is 6.83. The fraction of sp³-hybridized carbons (Fsp3) is 0.417. The monoisotopic (exact) mass is 358 g/mol. The van der Waals surface area contributed by atoms with E-state index in [-0.39, 0.29) is 5.56 Å². The summed E-state index contributed by atoms with van der Waals surface area (Å²) in [7, 11) is 1.88. The predicted molar refractivity (Wildman–Crippen MR) is 78.3 cm³/mol. The molecule has 2 aromatic rings. The summed E-state index contributed by atoms with van der Waals surface area (Å²) in [5.41, 5.74) is 0.742. The molecule has 1 N–H and O–H groups in total. The number of hydrogen-bond acceptors (Lipinski definition) is 3. The molecular weight excluding hydrogens is 343 g/mol. The second-order valence-electron chi connectivity index (χ2n) is 4.63. The highest BCUT2D eigenvalue weighted by atomic mass is 127. The van der Waals surface area contributed by atoms with Gasteiger partial charge in [0.15, 0.2) is 11.6 Å². The first kappa shape index (κ1) is 13.3. The first-order valence-electron chi connectivity index (χ1n) is 5.75. The smallest absolute Gasteiger partial charge is 0.264 e. The van der Waals surface area contributed by atoms with Crippen LogP contribution in [0.25, 0.3) is 11.6 Å². The van der Waals surface area contributed by atoms with E-state index in [1.165, 1.54) is 0 Å². The van der Waals surface area contributed by atoms with Gasteiger partial charge in [-0.05, 0) is 34.9 Å². The van der Waals surface area contributed by atoms with E-state index in [1.54, 1.807) is 6.20 Å². The second kappa shape index (κ2) is 5.21. The van der Waals surface area contributed by atoms with Crippen molar-refractivity contribution < 1.29 is 0 Å². The van der Waals surface area contributed by atoms with Crippen LogP contribution >= 0.6 is 22.6 Å². The van der Waals surface area contributed by atoms with Crippen LogP contribution in [0.2, 0.25) is 0 Å². The summed E-state index contributed by atoms with van der Waals surface area (Å²) in [6, 6.07) is 0. The molecule has 0 aliphatic heterocycles. The summed E-state index contributed by atoms with van der Waals surface area (Å²) in [5, 5.41) is 0. The lowest BCUT2D eigenvalue weighted by Crippen LogP contribution is -2.18. The van der Waals surface area contributed by atoms with Gasteiger partial charge in [0, 0.05) is 19.4 Å². The van der Waals surface area contributed by atoms with Crippen molar-refractivity contribution >= 4 is 22.6 Å². The Morgan fingerprint density at radius 3 is 2.78 bits per heavy atom. The van der Waals surface area contributed by atoms with E-state index in [0.29, 0.717) is 21.1 Å². The number of rotatable bonds is 3. The maximum absolute atomic E-state index is 11.9. The number of aryl methyl sites for hydroxylation is 1. The van der Waals surface area contributed by atoms with E-state index < -0.39 is 0 Å². The van der Waals surface area contributed by atoms with Crippen LogP contribution in [0.5, 0.6) is 0 Å². The molecular formula is C12H15IN4O. The average Bonchev–Trinajstić information content (AvgIpc) is 2.70. The minimum Gasteiger partial charge on any atom is -0.331 e. The highest BCUT2D eigenvalue weighted by molar-refractivity contribution is 14.1. The third-order valence-corrected chi connectivity index (χ3v) is 3.68. The van der Waals surface area contributed by atoms with Crippen LogP contribution in [0.4, 0.5) is 0 Å². The lowest BCUT2D eigenvalue weighted by molar-refractivity contribution is 0.630. The average molecular weight is 358 g/mol. The van der Waals surface area contributed by atoms with Crippen molar-refractivity contribution in [3.8, 4) is 11.6 Å². The maximum atomic E-state index is 11.9. The number of nitrogens with zero attached hydrogens (tertiary/aromatic N) is 3. The van der Waals surface area contributed by atoms with Gasteiger partial charge in [-0.1, -0.05) is 13.8 Å². The normalized spacial score (nSPS) is 11.2. The zero-order valence-electron chi connectivity index (χ0n) is 10.6. The van der Waals surface area contributed by atoms with Crippen LogP contribution in [0.15, 0.2) is 17.2 Å². The topological polar surface area (TPSA) is 63.6 Å². The Balaban J connectivity index is 2.54. The van der Waals surface area contributed by atoms with Gasteiger partial charge in [0.2, 0.25) is 0 Å². The van der Waals surface area contributed by atoms with E-state index in [9.17, 15) is 4.79 Å². The summed E-state index contributed by atoms with van der Waals surface area (Å²) in [4.78, 5) is 23.4. The van der Waals surface area contributed by atoms with Crippen LogP contribution in [-0.2, 0) is 13.5 Å². The minimum atomic E-state index is -0.0979. The van der Waals surface area contributed by atoms with Gasteiger partial charge in [-0.3, -0.25) is 4.79 Å². The summed E-state index contributed by atoms with van der Waals surface area (Å²) in [6.45, 7) is 4.22. The van der Waals surface area contributed by atoms with Crippen molar-refractivity contribution in [3.63, 3.8) is 0 Å². The Labute approximate surface area is 119 Å². The Morgan fingerprint density at radius 1 is 1.50 bits per heavy atom. The van der Waals surface area contributed by atoms with Gasteiger partial charge in [0.1, 0.15) is 0 Å². The zero-order valence-corrected chi connectivity index (χ0v) is 12.7. The number of nitrogens with one attached hydrogen (secondary N) is 1. The number of hydrogen-bond donors (Lipinski definition) is 1. The van der Waals surface area contributed by atoms with Crippen LogP contribution < -0.4 is 5.56 Å². The molecule has 0 aliphatic carbocycles. The Hall–Kier alpha value is -1.18. The Morgan fingerprint density at radius 2 is 2.22 bits per heavy atom. The lowest BCUT2D eigenvalue weighted by atomic mass is 10.1. The van der Waals surface area contributed by atoms with Crippen molar-refractivity contribution in [2.24, 2.45) is 13.0 Å². The molecule has 6 heteroatoms. The number of H-pyrrole nitrogens is 1. The second-order valence-corrected chi connectivity index (χ2v) is 5.71. The van der Waals surface area contributed by atoms with Crippen LogP contribution in [-0.4, -0.2) is 19.5 Å². The molecule has 0 amide bonds. The fourth-order valence-corrected chi connectivity index (χ4v) is 2.20. The summed E-state index contributed by atoms with van der Waals surface area (Å²) in [6.07, 6.45) is 4.31. The predicted octanol–water partition coefficient (Wildman–Crippen LogP) is 1.97. The highest BCUT2D eigenvalue weighted by Gasteiger charge is 2.13. The van der Waals surface area contributed by atoms with E-state index in [1.807, 2.05) is 40.4 Å². The quantitative estimate of drug-likeness (QED) is 0.854. The maximum Gasteiger partial charge on any atom is 0.264 e. The molecule has 2 rings (SSSR count). The number of halogens is 1. The van der Waals surface area contributed by atoms with E-state index >= 15 is 0 Å². The molecule has 0 aliphatic rings. The number of imidazole rings is 1. The van der Waals surface area contributed by atoms with Crippen molar-refractivity contribution in [3.05, 3.63) is 32.0 Å². The number of aromatic amines is 1. The fourth-order valence-electron chi connectivity index (χ4n) is 1.73. The van der Waals surface area contributed by atoms with Gasteiger partial charge >= 0.3 is 0 Å². The summed E-state index contributed by atoms with van der Waals surface area (Å²) in [5.74, 6) is 1.67. The molecule has 0 radical (unpaired) electrons. The molecule has 2 aromatic heterocycles. The highest BCUT2D eigenvalue weighted by Crippen LogP contribution is 2.15. The molecule has 0 atom stereocenters. The van der Waals surface area contributed by atoms with Crippen LogP contribution in [0.3, 0.4) is 0 Å². The molecule has 0 saturated heterocycles. The van der Waals surface area contributed by atoms with Gasteiger partial charge < -0.3 is 9.55 Å². The Kier molecular flexibility index (Phi) is 3.84. The Bertz CT molecular complexity index is 615. The van der Waals surface area contributed by atoms with Crippen molar-refractivity contribution in [2.75, 3.05) is 0 Å². The molecule has 0 saturated carbocycles. The van der Waals surface area contributed by atoms with Gasteiger partial charge in [-0.2, -0.15) is 0 Å². The minimum absolute atomic E-state index is 0.0979. The molecule has 5 nitrogen and oxygen atoms in total. The van der Waals surface area contributed by atoms with Gasteiger partial charge in [0.25, 0.3) is 5.56 Å². The molecule has 96 valence electrons. The third kappa shape index (κ3) is 2.63. The van der Waals surface area contributed by atoms with Gasteiger partial charge in [-0.25, -0.2) is 9.97 Å². The SMILES string of the molecule is CC(C)Cc1nc(-c2nccn2C)[nH]c(=O)c1I. The molecule has 0 unspecified atom stereocenters. The molecule has 0 fully saturated rings. The van der Waals surface area contributed by atoms with Gasteiger partial charge in [-0.15, -0.1) is 0 Å². The van der Waals surface area contributed by atoms with E-state index in [2.05, 4.69) is 28.8 Å². The van der Waals surface area contributed by atoms with Crippen molar-refractivity contribution in [1.29, 1.82) is 0 Å². The number of aromatic nitrogens is 4. The van der Waals surface area contributed by atoms with Crippen LogP contribution in [0, 0.1) is 9.49 Å². The van der Waals surface area contributed by atoms with E-state index in [4.69, 9.17) is 0 Å². The lowest BCUT2D eigenvalue weighted by Gasteiger charge is -2.08. The summed E-state index contributed by atoms with van der Waals surface area (Å²) < 4.78 is 2.50. The van der Waals surface area contributed by atoms with Crippen molar-refractivity contribution in [1.82, 2.24) is 19.5 Å². The largest absolute Gasteiger partial charge is 0.331 e. The zero-order chi connectivity index (χ0) is 13.3. The molecule has 0 bridgehead atoms. The molecule has 0 spiro atoms. The van der Waals surface area contributed by atoms with Gasteiger partial charge in [0.05, 0.1) is 9.26 Å². The molecule has 2 heterocycles. The molecule has 18 heavy (non-hydrogen) atoms. The van der Waals surface area contributed by atoms with E-state index in [0.717, 1.165) is 12.1 Å².